The molecule has 2 unspecified atom stereocenters. The van der Waals surface area contributed by atoms with Gasteiger partial charge >= 0.3 is 11.9 Å². The Morgan fingerprint density at radius 3 is 1.91 bits per heavy atom. The Balaban J connectivity index is 4.46. The van der Waals surface area contributed by atoms with E-state index in [0.29, 0.717) is 45.1 Å². The monoisotopic (exact) mass is 612 g/mol. The molecule has 0 aromatic carbocycles. The van der Waals surface area contributed by atoms with E-state index in [-0.39, 0.29) is 18.0 Å². The van der Waals surface area contributed by atoms with Crippen LogP contribution in [0.4, 0.5) is 0 Å². The van der Waals surface area contributed by atoms with Gasteiger partial charge in [0.1, 0.15) is 12.1 Å². The molecule has 0 aliphatic heterocycles. The van der Waals surface area contributed by atoms with E-state index in [9.17, 15) is 19.5 Å². The maximum Gasteiger partial charge on any atom is 0.326 e. The number of unbranched alkanes of at least 4 members (excludes halogenated alkanes) is 4. The normalized spacial score (nSPS) is 13.7. The molecule has 0 aromatic rings. The average Bonchev–Trinajstić information content (AvgIpc) is 3.00. The molecule has 248 valence electrons. The first-order chi connectivity index (χ1) is 21.4. The number of carbonyl (C=O) groups is 3. The van der Waals surface area contributed by atoms with Crippen LogP contribution in [-0.2, 0) is 19.1 Å². The largest absolute Gasteiger partial charge is 0.480 e. The van der Waals surface area contributed by atoms with Crippen LogP contribution in [0.25, 0.3) is 0 Å². The average molecular weight is 613 g/mol. The molecular weight excluding hydrogens is 552 g/mol. The van der Waals surface area contributed by atoms with Crippen molar-refractivity contribution in [3.8, 4) is 0 Å². The van der Waals surface area contributed by atoms with E-state index in [1.807, 2.05) is 12.2 Å². The molecule has 1 amide bonds. The fourth-order valence-corrected chi connectivity index (χ4v) is 4.24. The molecule has 44 heavy (non-hydrogen) atoms. The zero-order chi connectivity index (χ0) is 32.5. The molecule has 0 aliphatic carbocycles. The van der Waals surface area contributed by atoms with Crippen molar-refractivity contribution in [2.24, 2.45) is 5.73 Å². The van der Waals surface area contributed by atoms with Crippen LogP contribution in [0, 0.1) is 0 Å². The smallest absolute Gasteiger partial charge is 0.326 e. The Hall–Kier alpha value is -3.19. The minimum atomic E-state index is -1.03. The van der Waals surface area contributed by atoms with Gasteiger partial charge in [0.15, 0.2) is 0 Å². The number of amides is 1. The van der Waals surface area contributed by atoms with Crippen molar-refractivity contribution in [2.75, 3.05) is 6.54 Å². The number of nitrogens with one attached hydrogen (secondary N) is 1. The molecule has 4 N–H and O–H groups in total. The number of aliphatic carboxylic acids is 1. The molecule has 2 atom stereocenters. The molecule has 0 saturated carbocycles. The van der Waals surface area contributed by atoms with Crippen LogP contribution in [0.5, 0.6) is 0 Å². The first-order valence-electron chi connectivity index (χ1n) is 16.8. The number of hydrogen-bond acceptors (Lipinski definition) is 5. The number of rotatable bonds is 28. The van der Waals surface area contributed by atoms with Crippen molar-refractivity contribution in [3.63, 3.8) is 0 Å². The van der Waals surface area contributed by atoms with Crippen LogP contribution < -0.4 is 11.1 Å². The fraction of sp³-hybridized carbons (Fsp3) is 0.595. The van der Waals surface area contributed by atoms with Gasteiger partial charge in [0.25, 0.3) is 0 Å². The lowest BCUT2D eigenvalue weighted by Gasteiger charge is -2.15. The lowest BCUT2D eigenvalue weighted by atomic mass is 10.1. The Morgan fingerprint density at radius 2 is 1.30 bits per heavy atom. The van der Waals surface area contributed by atoms with Gasteiger partial charge in [-0.1, -0.05) is 99.9 Å². The Labute approximate surface area is 267 Å². The number of carboxylic acid groups (broad SMARTS) is 1. The highest BCUT2D eigenvalue weighted by atomic mass is 16.5. The highest BCUT2D eigenvalue weighted by Gasteiger charge is 2.18. The molecule has 7 nitrogen and oxygen atoms in total. The highest BCUT2D eigenvalue weighted by Crippen LogP contribution is 2.13. The minimum absolute atomic E-state index is 0.192. The summed E-state index contributed by atoms with van der Waals surface area (Å²) in [6, 6.07) is -0.881. The summed E-state index contributed by atoms with van der Waals surface area (Å²) >= 11 is 0. The van der Waals surface area contributed by atoms with E-state index in [0.717, 1.165) is 70.6 Å². The topological polar surface area (TPSA) is 119 Å². The van der Waals surface area contributed by atoms with Gasteiger partial charge in [-0.15, -0.1) is 0 Å². The van der Waals surface area contributed by atoms with E-state index >= 15 is 0 Å². The molecular formula is C37H60N2O5. The first-order valence-corrected chi connectivity index (χ1v) is 16.8. The number of carbonyl (C=O) groups excluding carboxylic acids is 2. The Bertz CT molecular complexity index is 917. The maximum atomic E-state index is 12.5. The summed E-state index contributed by atoms with van der Waals surface area (Å²) < 4.78 is 5.79. The Kier molecular flexibility index (Phi) is 29.0. The third-order valence-electron chi connectivity index (χ3n) is 6.73. The molecule has 0 bridgehead atoms. The van der Waals surface area contributed by atoms with Gasteiger partial charge < -0.3 is 20.9 Å². The quantitative estimate of drug-likeness (QED) is 0.0463. The highest BCUT2D eigenvalue weighted by molar-refractivity contribution is 5.83. The number of esters is 1. The predicted molar refractivity (Wildman–Crippen MR) is 183 cm³/mol. The number of carboxylic acids is 1. The van der Waals surface area contributed by atoms with E-state index in [4.69, 9.17) is 10.5 Å². The molecule has 0 rings (SSSR count). The van der Waals surface area contributed by atoms with Gasteiger partial charge in [-0.2, -0.15) is 0 Å². The first kappa shape index (κ1) is 40.8. The number of ether oxygens (including phenoxy) is 1. The van der Waals surface area contributed by atoms with Crippen molar-refractivity contribution < 1.29 is 24.2 Å². The van der Waals surface area contributed by atoms with Gasteiger partial charge in [0, 0.05) is 12.8 Å². The molecule has 7 heteroatoms. The van der Waals surface area contributed by atoms with Gasteiger partial charge in [-0.05, 0) is 89.7 Å². The molecule has 0 spiro atoms. The van der Waals surface area contributed by atoms with E-state index in [1.165, 1.54) is 0 Å². The van der Waals surface area contributed by atoms with Gasteiger partial charge in [-0.25, -0.2) is 4.79 Å². The van der Waals surface area contributed by atoms with Crippen LogP contribution in [0.2, 0.25) is 0 Å². The fourth-order valence-electron chi connectivity index (χ4n) is 4.24. The Morgan fingerprint density at radius 1 is 0.705 bits per heavy atom. The lowest BCUT2D eigenvalue weighted by Crippen LogP contribution is -2.40. The molecule has 0 aromatic heterocycles. The van der Waals surface area contributed by atoms with E-state index in [1.54, 1.807) is 0 Å². The standard InChI is InChI=1S/C37H60N2O5/c1-3-5-7-9-11-12-13-14-15-16-17-19-25-31-36(41)44-33(27-22-18-10-8-6-4-2)28-23-20-21-24-30-35(40)39-34(37(42)43)29-26-32-38/h5,7-8,10-12,14-15,17,19,22,27,33-34H,3-4,6,9,13,16,18,20-21,23-26,28-32,38H2,1-2H3,(H,39,40)(H,42,43)/b7-5-,10-8-,12-11-,15-14-,19-17-,27-22-. The van der Waals surface area contributed by atoms with Crippen molar-refractivity contribution in [3.05, 3.63) is 72.9 Å². The second kappa shape index (κ2) is 31.2. The predicted octanol–water partition coefficient (Wildman–Crippen LogP) is 8.44. The summed E-state index contributed by atoms with van der Waals surface area (Å²) in [4.78, 5) is 36.0. The van der Waals surface area contributed by atoms with Crippen LogP contribution >= 0.6 is 0 Å². The summed E-state index contributed by atoms with van der Waals surface area (Å²) in [5, 5.41) is 11.8. The van der Waals surface area contributed by atoms with Crippen LogP contribution in [-0.4, -0.2) is 41.6 Å². The van der Waals surface area contributed by atoms with E-state index in [2.05, 4.69) is 79.9 Å². The number of hydrogen-bond donors (Lipinski definition) is 3. The maximum absolute atomic E-state index is 12.5. The summed E-state index contributed by atoms with van der Waals surface area (Å²) in [7, 11) is 0. The number of allylic oxidation sites excluding steroid dienone is 11. The third-order valence-corrected chi connectivity index (χ3v) is 6.73. The third kappa shape index (κ3) is 27.6. The molecule has 0 fully saturated rings. The second-order valence-corrected chi connectivity index (χ2v) is 10.8. The van der Waals surface area contributed by atoms with Gasteiger partial charge in [0.2, 0.25) is 5.91 Å². The second-order valence-electron chi connectivity index (χ2n) is 10.8. The molecule has 0 aliphatic rings. The molecule has 0 saturated heterocycles. The summed E-state index contributed by atoms with van der Waals surface area (Å²) in [6.45, 7) is 4.68. The molecule has 0 radical (unpaired) electrons. The zero-order valence-electron chi connectivity index (χ0n) is 27.5. The van der Waals surface area contributed by atoms with Crippen molar-refractivity contribution >= 4 is 17.8 Å². The van der Waals surface area contributed by atoms with Gasteiger partial charge in [-0.3, -0.25) is 9.59 Å². The molecule has 0 heterocycles. The lowest BCUT2D eigenvalue weighted by molar-refractivity contribution is -0.147. The van der Waals surface area contributed by atoms with Gasteiger partial charge in [0.05, 0.1) is 0 Å². The van der Waals surface area contributed by atoms with Crippen molar-refractivity contribution in [2.45, 2.75) is 135 Å². The number of nitrogens with two attached hydrogens (primary N) is 1. The summed E-state index contributed by atoms with van der Waals surface area (Å²) in [5.41, 5.74) is 5.45. The van der Waals surface area contributed by atoms with Crippen LogP contribution in [0.1, 0.15) is 123 Å². The summed E-state index contributed by atoms with van der Waals surface area (Å²) in [5.74, 6) is -1.46. The van der Waals surface area contributed by atoms with Crippen molar-refractivity contribution in [1.82, 2.24) is 5.32 Å². The van der Waals surface area contributed by atoms with Crippen LogP contribution in [0.3, 0.4) is 0 Å². The minimum Gasteiger partial charge on any atom is -0.480 e. The zero-order valence-corrected chi connectivity index (χ0v) is 27.5. The SMILES string of the molecule is CC/C=C\C/C=C\C/C=C\C/C=C\CCC(=O)OC(/C=C\C/C=C\CCC)CCCCCCC(=O)NC(CCCN)C(=O)O. The van der Waals surface area contributed by atoms with E-state index < -0.39 is 12.0 Å². The van der Waals surface area contributed by atoms with Crippen LogP contribution in [0.15, 0.2) is 72.9 Å². The van der Waals surface area contributed by atoms with Crippen molar-refractivity contribution in [1.29, 1.82) is 0 Å². The summed E-state index contributed by atoms with van der Waals surface area (Å²) in [6.07, 6.45) is 38.3.